The number of hydrogen-bond donors (Lipinski definition) is 2. The Kier molecular flexibility index (Phi) is 8.00. The number of aryl methyl sites for hydroxylation is 1. The van der Waals surface area contributed by atoms with Crippen LogP contribution in [0.15, 0.2) is 79.1 Å². The maximum Gasteiger partial charge on any atom is 0.163 e. The lowest BCUT2D eigenvalue weighted by Crippen LogP contribution is -2.63. The lowest BCUT2D eigenvalue weighted by molar-refractivity contribution is 0.0163. The molecule has 0 amide bonds. The van der Waals surface area contributed by atoms with E-state index in [2.05, 4.69) is 73.8 Å². The Labute approximate surface area is 219 Å². The third kappa shape index (κ3) is 5.41. The van der Waals surface area contributed by atoms with Gasteiger partial charge >= 0.3 is 0 Å². The molecule has 4 nitrogen and oxygen atoms in total. The fraction of sp³-hybridized carbons (Fsp3) is 0.355. The van der Waals surface area contributed by atoms with Crippen LogP contribution in [0.2, 0.25) is 0 Å². The van der Waals surface area contributed by atoms with Gasteiger partial charge in [0.05, 0.1) is 11.9 Å². The highest BCUT2D eigenvalue weighted by molar-refractivity contribution is 5.49. The summed E-state index contributed by atoms with van der Waals surface area (Å²) in [7, 11) is 2.06. The van der Waals surface area contributed by atoms with Crippen LogP contribution in [0.5, 0.6) is 0 Å². The van der Waals surface area contributed by atoms with Crippen molar-refractivity contribution in [1.29, 1.82) is 0 Å². The van der Waals surface area contributed by atoms with Crippen molar-refractivity contribution in [3.8, 4) is 0 Å². The maximum absolute atomic E-state index is 14.6. The molecule has 37 heavy (non-hydrogen) atoms. The largest absolute Gasteiger partial charge is 0.356 e. The van der Waals surface area contributed by atoms with Gasteiger partial charge in [-0.3, -0.25) is 4.90 Å². The number of rotatable bonds is 8. The zero-order valence-electron chi connectivity index (χ0n) is 22.3. The molecule has 0 saturated carbocycles. The number of piperidine rings is 1. The van der Waals surface area contributed by atoms with Gasteiger partial charge in [-0.05, 0) is 61.7 Å². The molecule has 196 valence electrons. The quantitative estimate of drug-likeness (QED) is 0.385. The van der Waals surface area contributed by atoms with Crippen molar-refractivity contribution in [1.82, 2.24) is 9.80 Å². The average Bonchev–Trinajstić information content (AvgIpc) is 2.89. The van der Waals surface area contributed by atoms with Gasteiger partial charge < -0.3 is 16.0 Å². The monoisotopic (exact) mass is 504 g/mol. The number of halogens is 2. The summed E-state index contributed by atoms with van der Waals surface area (Å²) >= 11 is 0. The highest BCUT2D eigenvalue weighted by Gasteiger charge is 2.47. The van der Waals surface area contributed by atoms with Crippen LogP contribution >= 0.6 is 0 Å². The molecule has 1 unspecified atom stereocenters. The van der Waals surface area contributed by atoms with Crippen molar-refractivity contribution in [2.75, 3.05) is 18.9 Å². The van der Waals surface area contributed by atoms with Crippen molar-refractivity contribution in [2.24, 2.45) is 5.73 Å². The molecular formula is C31H38F2N4. The van der Waals surface area contributed by atoms with Gasteiger partial charge in [-0.1, -0.05) is 62.0 Å². The summed E-state index contributed by atoms with van der Waals surface area (Å²) in [5.41, 5.74) is 10.5. The number of likely N-dealkylation sites (tertiary alicyclic amines) is 1. The second-order valence-electron chi connectivity index (χ2n) is 10.4. The fourth-order valence-corrected chi connectivity index (χ4v) is 5.98. The summed E-state index contributed by atoms with van der Waals surface area (Å²) in [5, 5.41) is 3.46. The van der Waals surface area contributed by atoms with E-state index in [-0.39, 0.29) is 17.5 Å². The number of nitrogens with two attached hydrogens (primary N) is 1. The maximum atomic E-state index is 14.6. The Bertz CT molecular complexity index is 1240. The van der Waals surface area contributed by atoms with Gasteiger partial charge in [0.15, 0.2) is 11.6 Å². The van der Waals surface area contributed by atoms with Crippen LogP contribution in [0.25, 0.3) is 0 Å². The van der Waals surface area contributed by atoms with Crippen LogP contribution in [-0.4, -0.2) is 35.5 Å². The van der Waals surface area contributed by atoms with E-state index >= 15 is 0 Å². The number of benzene rings is 3. The van der Waals surface area contributed by atoms with E-state index in [0.717, 1.165) is 30.0 Å². The summed E-state index contributed by atoms with van der Waals surface area (Å²) < 4.78 is 28.5. The molecule has 1 aliphatic heterocycles. The van der Waals surface area contributed by atoms with E-state index in [1.165, 1.54) is 17.2 Å². The molecular weight excluding hydrogens is 466 g/mol. The lowest BCUT2D eigenvalue weighted by Gasteiger charge is -2.55. The minimum atomic E-state index is -0.807. The summed E-state index contributed by atoms with van der Waals surface area (Å²) in [6, 6.07) is 21.0. The summed E-state index contributed by atoms with van der Waals surface area (Å²) in [6.45, 7) is 12.6. The Morgan fingerprint density at radius 3 is 2.49 bits per heavy atom. The highest BCUT2D eigenvalue weighted by Crippen LogP contribution is 2.43. The minimum Gasteiger partial charge on any atom is -0.356 e. The normalized spacial score (nSPS) is 22.0. The molecule has 0 aliphatic carbocycles. The van der Waals surface area contributed by atoms with E-state index in [0.29, 0.717) is 18.7 Å². The number of likely N-dealkylation sites (N-methyl/N-ethyl adjacent to an activating group) is 1. The second-order valence-corrected chi connectivity index (χ2v) is 10.4. The Morgan fingerprint density at radius 1 is 1.11 bits per heavy atom. The lowest BCUT2D eigenvalue weighted by atomic mass is 9.66. The molecule has 0 aromatic heterocycles. The molecule has 4 rings (SSSR count). The number of nitrogens with one attached hydrogen (secondary N) is 1. The molecule has 3 aromatic carbocycles. The first-order valence-corrected chi connectivity index (χ1v) is 12.9. The second kappa shape index (κ2) is 11.0. The van der Waals surface area contributed by atoms with Crippen LogP contribution in [0, 0.1) is 18.6 Å². The number of anilines is 1. The smallest absolute Gasteiger partial charge is 0.163 e. The molecule has 1 saturated heterocycles. The zero-order valence-corrected chi connectivity index (χ0v) is 22.3. The first-order valence-electron chi connectivity index (χ1n) is 12.9. The number of nitrogens with zero attached hydrogens (tertiary/aromatic N) is 2. The molecule has 0 bridgehead atoms. The Balaban J connectivity index is 1.66. The molecule has 0 spiro atoms. The van der Waals surface area contributed by atoms with Gasteiger partial charge in [-0.15, -0.1) is 0 Å². The third-order valence-corrected chi connectivity index (χ3v) is 8.09. The van der Waals surface area contributed by atoms with Gasteiger partial charge in [0.1, 0.15) is 0 Å². The first kappa shape index (κ1) is 26.8. The van der Waals surface area contributed by atoms with E-state index < -0.39 is 11.6 Å². The van der Waals surface area contributed by atoms with Crippen molar-refractivity contribution < 1.29 is 8.78 Å². The summed E-state index contributed by atoms with van der Waals surface area (Å²) in [4.78, 5) is 4.46. The van der Waals surface area contributed by atoms with Crippen molar-refractivity contribution in [3.05, 3.63) is 113 Å². The predicted molar refractivity (Wildman–Crippen MR) is 148 cm³/mol. The minimum absolute atomic E-state index is 0.0160. The Morgan fingerprint density at radius 2 is 1.81 bits per heavy atom. The van der Waals surface area contributed by atoms with Gasteiger partial charge in [-0.25, -0.2) is 8.78 Å². The van der Waals surface area contributed by atoms with E-state index in [4.69, 9.17) is 5.73 Å². The standard InChI is InChI=1S/C31H38F2N4/c1-21-9-6-7-11-27(21)31(4)17-18-37(20-25-10-8-12-28(32)29(25)33)22(2)30(31)36(5)23(3)35-26-15-13-24(19-34)14-16-26/h6-16,22,30,35H,3,17-20,34H2,1-2,4-5H3/t22?,30-,31+/m0/s1. The predicted octanol–water partition coefficient (Wildman–Crippen LogP) is 6.17. The van der Waals surface area contributed by atoms with Gasteiger partial charge in [0, 0.05) is 42.8 Å². The summed E-state index contributed by atoms with van der Waals surface area (Å²) in [5.74, 6) is -0.798. The molecule has 1 aliphatic rings. The average molecular weight is 505 g/mol. The Hall–Kier alpha value is -3.22. The molecule has 0 radical (unpaired) electrons. The van der Waals surface area contributed by atoms with E-state index in [1.807, 2.05) is 24.3 Å². The molecule has 1 heterocycles. The van der Waals surface area contributed by atoms with E-state index in [1.54, 1.807) is 12.1 Å². The third-order valence-electron chi connectivity index (χ3n) is 8.09. The summed E-state index contributed by atoms with van der Waals surface area (Å²) in [6.07, 6.45) is 0.868. The van der Waals surface area contributed by atoms with Crippen LogP contribution in [0.4, 0.5) is 14.5 Å². The van der Waals surface area contributed by atoms with Crippen molar-refractivity contribution >= 4 is 5.69 Å². The number of hydrogen-bond acceptors (Lipinski definition) is 4. The molecule has 6 heteroatoms. The molecule has 1 fully saturated rings. The van der Waals surface area contributed by atoms with Gasteiger partial charge in [-0.2, -0.15) is 0 Å². The zero-order chi connectivity index (χ0) is 26.7. The van der Waals surface area contributed by atoms with Gasteiger partial charge in [0.2, 0.25) is 0 Å². The van der Waals surface area contributed by atoms with Gasteiger partial charge in [0.25, 0.3) is 0 Å². The topological polar surface area (TPSA) is 44.5 Å². The molecule has 3 atom stereocenters. The van der Waals surface area contributed by atoms with Crippen molar-refractivity contribution in [3.63, 3.8) is 0 Å². The highest BCUT2D eigenvalue weighted by atomic mass is 19.2. The van der Waals surface area contributed by atoms with Crippen molar-refractivity contribution in [2.45, 2.75) is 57.8 Å². The molecule has 3 N–H and O–H groups in total. The van der Waals surface area contributed by atoms with E-state index in [9.17, 15) is 8.78 Å². The first-order chi connectivity index (χ1) is 17.7. The van der Waals surface area contributed by atoms with Crippen LogP contribution in [0.1, 0.15) is 42.5 Å². The SMILES string of the molecule is C=C(Nc1ccc(CN)cc1)N(C)[C@H]1C(C)N(Cc2cccc(F)c2F)CC[C@]1(C)c1ccccc1C. The van der Waals surface area contributed by atoms with Crippen LogP contribution < -0.4 is 11.1 Å². The fourth-order valence-electron chi connectivity index (χ4n) is 5.98. The van der Waals surface area contributed by atoms with Crippen LogP contribution in [0.3, 0.4) is 0 Å². The molecule has 3 aromatic rings. The van der Waals surface area contributed by atoms with Crippen LogP contribution in [-0.2, 0) is 18.5 Å².